The summed E-state index contributed by atoms with van der Waals surface area (Å²) in [4.78, 5) is 9.10. The molecule has 0 radical (unpaired) electrons. The molecule has 0 fully saturated rings. The predicted octanol–water partition coefficient (Wildman–Crippen LogP) is 3.73. The van der Waals surface area contributed by atoms with E-state index in [2.05, 4.69) is 40.4 Å². The molecule has 0 aliphatic carbocycles. The van der Waals surface area contributed by atoms with Gasteiger partial charge in [-0.1, -0.05) is 30.3 Å². The fourth-order valence-electron chi connectivity index (χ4n) is 2.18. The normalized spacial score (nSPS) is 10.6. The Morgan fingerprint density at radius 3 is 2.74 bits per heavy atom. The zero-order chi connectivity index (χ0) is 13.1. The number of hydrogen-bond donors (Lipinski definition) is 1. The molecule has 2 heterocycles. The third kappa shape index (κ3) is 2.27. The molecule has 19 heavy (non-hydrogen) atoms. The van der Waals surface area contributed by atoms with E-state index in [-0.39, 0.29) is 0 Å². The first-order valence-corrected chi connectivity index (χ1v) is 6.43. The van der Waals surface area contributed by atoms with Gasteiger partial charge in [0.25, 0.3) is 0 Å². The van der Waals surface area contributed by atoms with Crippen LogP contribution in [-0.2, 0) is 0 Å². The SMILES string of the molecule is CCNc1cccc(-c2cccc3cccnc23)n1. The highest BCUT2D eigenvalue weighted by molar-refractivity contribution is 5.92. The quantitative estimate of drug-likeness (QED) is 0.768. The number of hydrogen-bond acceptors (Lipinski definition) is 3. The zero-order valence-electron chi connectivity index (χ0n) is 10.8. The molecule has 0 unspecified atom stereocenters. The number of nitrogens with zero attached hydrogens (tertiary/aromatic N) is 2. The molecule has 3 aromatic rings. The Labute approximate surface area is 112 Å². The zero-order valence-corrected chi connectivity index (χ0v) is 10.8. The summed E-state index contributed by atoms with van der Waals surface area (Å²) < 4.78 is 0. The maximum absolute atomic E-state index is 4.63. The summed E-state index contributed by atoms with van der Waals surface area (Å²) in [6.45, 7) is 2.93. The van der Waals surface area contributed by atoms with Crippen LogP contribution in [0, 0.1) is 0 Å². The van der Waals surface area contributed by atoms with Crippen molar-refractivity contribution in [2.45, 2.75) is 6.92 Å². The number of aromatic nitrogens is 2. The monoisotopic (exact) mass is 249 g/mol. The highest BCUT2D eigenvalue weighted by Gasteiger charge is 2.06. The molecule has 1 aromatic carbocycles. The molecular weight excluding hydrogens is 234 g/mol. The maximum atomic E-state index is 4.63. The van der Waals surface area contributed by atoms with Crippen molar-refractivity contribution < 1.29 is 0 Å². The molecule has 3 rings (SSSR count). The van der Waals surface area contributed by atoms with E-state index in [1.165, 1.54) is 0 Å². The van der Waals surface area contributed by atoms with Gasteiger partial charge in [0, 0.05) is 23.7 Å². The molecular formula is C16H15N3. The van der Waals surface area contributed by atoms with Crippen molar-refractivity contribution in [2.75, 3.05) is 11.9 Å². The molecule has 1 N–H and O–H groups in total. The third-order valence-corrected chi connectivity index (χ3v) is 3.02. The second-order valence-corrected chi connectivity index (χ2v) is 4.32. The topological polar surface area (TPSA) is 37.8 Å². The standard InChI is InChI=1S/C16H15N3/c1-2-17-15-10-4-9-14(19-15)13-8-3-6-12-7-5-11-18-16(12)13/h3-11H,2H2,1H3,(H,17,19). The Bertz CT molecular complexity index is 702. The Hall–Kier alpha value is -2.42. The Kier molecular flexibility index (Phi) is 3.11. The molecule has 0 spiro atoms. The van der Waals surface area contributed by atoms with Crippen molar-refractivity contribution in [3.05, 3.63) is 54.7 Å². The summed E-state index contributed by atoms with van der Waals surface area (Å²) in [5.41, 5.74) is 3.01. The van der Waals surface area contributed by atoms with Crippen LogP contribution < -0.4 is 5.32 Å². The molecule has 2 aromatic heterocycles. The lowest BCUT2D eigenvalue weighted by Gasteiger charge is -2.07. The smallest absolute Gasteiger partial charge is 0.126 e. The number of anilines is 1. The molecule has 0 atom stereocenters. The number of nitrogens with one attached hydrogen (secondary N) is 1. The first-order valence-electron chi connectivity index (χ1n) is 6.43. The van der Waals surface area contributed by atoms with Crippen molar-refractivity contribution >= 4 is 16.7 Å². The van der Waals surface area contributed by atoms with Gasteiger partial charge in [-0.2, -0.15) is 0 Å². The van der Waals surface area contributed by atoms with Crippen molar-refractivity contribution in [3.8, 4) is 11.3 Å². The van der Waals surface area contributed by atoms with Crippen LogP contribution in [0.5, 0.6) is 0 Å². The van der Waals surface area contributed by atoms with Crippen LogP contribution in [0.25, 0.3) is 22.2 Å². The van der Waals surface area contributed by atoms with Gasteiger partial charge in [0.05, 0.1) is 11.2 Å². The van der Waals surface area contributed by atoms with Gasteiger partial charge in [0.15, 0.2) is 0 Å². The highest BCUT2D eigenvalue weighted by atomic mass is 15.0. The summed E-state index contributed by atoms with van der Waals surface area (Å²) in [6, 6.07) is 16.2. The summed E-state index contributed by atoms with van der Waals surface area (Å²) in [7, 11) is 0. The highest BCUT2D eigenvalue weighted by Crippen LogP contribution is 2.26. The molecule has 3 nitrogen and oxygen atoms in total. The number of fused-ring (bicyclic) bond motifs is 1. The first-order chi connectivity index (χ1) is 9.38. The average Bonchev–Trinajstić information content (AvgIpc) is 2.47. The van der Waals surface area contributed by atoms with Gasteiger partial charge in [-0.25, -0.2) is 4.98 Å². The Morgan fingerprint density at radius 1 is 1.00 bits per heavy atom. The largest absolute Gasteiger partial charge is 0.370 e. The minimum absolute atomic E-state index is 0.865. The molecule has 0 aliphatic rings. The van der Waals surface area contributed by atoms with E-state index in [0.717, 1.165) is 34.5 Å². The van der Waals surface area contributed by atoms with Crippen molar-refractivity contribution in [1.29, 1.82) is 0 Å². The van der Waals surface area contributed by atoms with Crippen LogP contribution in [0.2, 0.25) is 0 Å². The molecule has 0 saturated heterocycles. The molecule has 0 amide bonds. The van der Waals surface area contributed by atoms with Gasteiger partial charge in [-0.3, -0.25) is 4.98 Å². The van der Waals surface area contributed by atoms with E-state index < -0.39 is 0 Å². The fourth-order valence-corrected chi connectivity index (χ4v) is 2.18. The minimum atomic E-state index is 0.865. The predicted molar refractivity (Wildman–Crippen MR) is 79.1 cm³/mol. The summed E-state index contributed by atoms with van der Waals surface area (Å²) in [5.74, 6) is 0.896. The van der Waals surface area contributed by atoms with Crippen LogP contribution in [0.4, 0.5) is 5.82 Å². The van der Waals surface area contributed by atoms with E-state index >= 15 is 0 Å². The molecule has 0 saturated carbocycles. The van der Waals surface area contributed by atoms with Crippen LogP contribution in [0.15, 0.2) is 54.7 Å². The molecule has 94 valence electrons. The van der Waals surface area contributed by atoms with Crippen LogP contribution in [0.3, 0.4) is 0 Å². The number of benzene rings is 1. The summed E-state index contributed by atoms with van der Waals surface area (Å²) in [6.07, 6.45) is 1.82. The first kappa shape index (κ1) is 11.7. The second kappa shape index (κ2) is 5.06. The number of rotatable bonds is 3. The molecule has 3 heteroatoms. The summed E-state index contributed by atoms with van der Waals surface area (Å²) in [5, 5.41) is 4.37. The van der Waals surface area contributed by atoms with Crippen molar-refractivity contribution in [3.63, 3.8) is 0 Å². The number of para-hydroxylation sites is 1. The molecule has 0 aliphatic heterocycles. The maximum Gasteiger partial charge on any atom is 0.126 e. The van der Waals surface area contributed by atoms with Gasteiger partial charge < -0.3 is 5.32 Å². The van der Waals surface area contributed by atoms with Crippen molar-refractivity contribution in [1.82, 2.24) is 9.97 Å². The van der Waals surface area contributed by atoms with Gasteiger partial charge in [0.1, 0.15) is 5.82 Å². The second-order valence-electron chi connectivity index (χ2n) is 4.32. The van der Waals surface area contributed by atoms with E-state index in [1.807, 2.05) is 36.5 Å². The van der Waals surface area contributed by atoms with Gasteiger partial charge in [-0.15, -0.1) is 0 Å². The Balaban J connectivity index is 2.16. The van der Waals surface area contributed by atoms with Gasteiger partial charge in [0.2, 0.25) is 0 Å². The number of pyridine rings is 2. The fraction of sp³-hybridized carbons (Fsp3) is 0.125. The lowest BCUT2D eigenvalue weighted by Crippen LogP contribution is -1.99. The Morgan fingerprint density at radius 2 is 1.84 bits per heavy atom. The van der Waals surface area contributed by atoms with E-state index in [9.17, 15) is 0 Å². The van der Waals surface area contributed by atoms with Crippen LogP contribution in [-0.4, -0.2) is 16.5 Å². The van der Waals surface area contributed by atoms with E-state index in [0.29, 0.717) is 0 Å². The lowest BCUT2D eigenvalue weighted by molar-refractivity contribution is 1.16. The molecule has 0 bridgehead atoms. The van der Waals surface area contributed by atoms with Crippen molar-refractivity contribution in [2.24, 2.45) is 0 Å². The summed E-state index contributed by atoms with van der Waals surface area (Å²) >= 11 is 0. The van der Waals surface area contributed by atoms with Crippen LogP contribution >= 0.6 is 0 Å². The van der Waals surface area contributed by atoms with Crippen LogP contribution in [0.1, 0.15) is 6.92 Å². The minimum Gasteiger partial charge on any atom is -0.370 e. The third-order valence-electron chi connectivity index (χ3n) is 3.02. The lowest BCUT2D eigenvalue weighted by atomic mass is 10.1. The van der Waals surface area contributed by atoms with Gasteiger partial charge >= 0.3 is 0 Å². The van der Waals surface area contributed by atoms with E-state index in [4.69, 9.17) is 0 Å². The van der Waals surface area contributed by atoms with Gasteiger partial charge in [-0.05, 0) is 25.1 Å². The van der Waals surface area contributed by atoms with E-state index in [1.54, 1.807) is 0 Å². The average molecular weight is 249 g/mol.